The largest absolute Gasteiger partial charge is 0.446 e. The van der Waals surface area contributed by atoms with Gasteiger partial charge in [0.25, 0.3) is 11.8 Å². The third-order valence-corrected chi connectivity index (χ3v) is 18.9. The lowest BCUT2D eigenvalue weighted by Crippen LogP contribution is -2.50. The van der Waals surface area contributed by atoms with Crippen molar-refractivity contribution in [3.05, 3.63) is 190 Å². The Morgan fingerprint density at radius 3 is 2.03 bits per heavy atom. The average molecular weight is 1320 g/mol. The molecule has 506 valence electrons. The molecule has 3 aliphatic heterocycles. The number of piperidine rings is 2. The summed E-state index contributed by atoms with van der Waals surface area (Å²) in [4.78, 5) is 75.2. The first kappa shape index (κ1) is 69.4. The molecule has 16 nitrogen and oxygen atoms in total. The molecule has 10 rings (SSSR count). The summed E-state index contributed by atoms with van der Waals surface area (Å²) in [6, 6.07) is 39.0. The predicted molar refractivity (Wildman–Crippen MR) is 346 cm³/mol. The van der Waals surface area contributed by atoms with Crippen LogP contribution in [0.3, 0.4) is 0 Å². The molecule has 4 aliphatic rings. The molecule has 3 N–H and O–H groups in total. The number of benzene rings is 6. The van der Waals surface area contributed by atoms with Crippen molar-refractivity contribution in [3.8, 4) is 11.1 Å². The third kappa shape index (κ3) is 17.8. The molecule has 0 aromatic heterocycles. The van der Waals surface area contributed by atoms with E-state index in [9.17, 15) is 54.7 Å². The van der Waals surface area contributed by atoms with E-state index in [0.29, 0.717) is 87.4 Å². The van der Waals surface area contributed by atoms with E-state index in [0.717, 1.165) is 84.6 Å². The Hall–Kier alpha value is -8.38. The Morgan fingerprint density at radius 1 is 0.674 bits per heavy atom. The Morgan fingerprint density at radius 2 is 1.33 bits per heavy atom. The van der Waals surface area contributed by atoms with Crippen LogP contribution in [0.15, 0.2) is 146 Å². The standard InChI is InChI=1S/C72H81F7N8O8/c1-83(40-34-81-66(90)51-20-26-58(27-21-51)80-33-12-4-7-19-64(88)84(2)41-42-85-35-28-59(29-36-85)95-68(92)82-62-18-11-9-16-60(62)50-13-5-3-6-14-50)65(89)47-93-63-45-52-15-8-10-17-61(52)69(63)30-37-86(38-31-69)39-32-70(54-22-24-57(73)25-23-54)48-87(49-94-70)67(91)53-43-55(71(74,75)76)46-56(44-53)72(77,78)79/h3,5-6,8-11,13-18,20-27,43-44,46,59,63,80H,4,7,12,19,28-42,45,47-49H2,1-2H3,(H,81,90)(H,82,92)/t63-,70+/m0/s1. The normalized spacial score (nSPS) is 18.3. The molecule has 6 aromatic rings. The number of ether oxygens (including phenoxy) is 3. The minimum Gasteiger partial charge on any atom is -0.446 e. The summed E-state index contributed by atoms with van der Waals surface area (Å²) in [6.45, 7) is 4.86. The first-order valence-electron chi connectivity index (χ1n) is 32.4. The number of halogens is 7. The van der Waals surface area contributed by atoms with Crippen LogP contribution < -0.4 is 16.0 Å². The van der Waals surface area contributed by atoms with Gasteiger partial charge in [-0.1, -0.05) is 91.3 Å². The minimum absolute atomic E-state index is 0.0312. The molecule has 3 heterocycles. The summed E-state index contributed by atoms with van der Waals surface area (Å²) in [6.07, 6.45) is -4.68. The molecule has 6 aromatic carbocycles. The number of para-hydroxylation sites is 1. The van der Waals surface area contributed by atoms with Crippen molar-refractivity contribution >= 4 is 41.1 Å². The summed E-state index contributed by atoms with van der Waals surface area (Å²) in [5, 5.41) is 9.22. The van der Waals surface area contributed by atoms with Crippen LogP contribution in [-0.2, 0) is 53.6 Å². The van der Waals surface area contributed by atoms with E-state index in [1.165, 1.54) is 29.2 Å². The fourth-order valence-electron chi connectivity index (χ4n) is 13.3. The van der Waals surface area contributed by atoms with Crippen LogP contribution in [0.5, 0.6) is 0 Å². The smallest absolute Gasteiger partial charge is 0.416 e. The number of rotatable bonds is 25. The van der Waals surface area contributed by atoms with Crippen LogP contribution in [0.2, 0.25) is 0 Å². The van der Waals surface area contributed by atoms with E-state index in [-0.39, 0.29) is 68.7 Å². The van der Waals surface area contributed by atoms with Gasteiger partial charge in [0.1, 0.15) is 30.9 Å². The van der Waals surface area contributed by atoms with E-state index in [4.69, 9.17) is 14.2 Å². The minimum atomic E-state index is -5.15. The summed E-state index contributed by atoms with van der Waals surface area (Å²) < 4.78 is 115. The maximum absolute atomic E-state index is 14.2. The number of nitrogens with zero attached hydrogens (tertiary/aromatic N) is 5. The van der Waals surface area contributed by atoms with Gasteiger partial charge in [-0.3, -0.25) is 24.5 Å². The fraction of sp³-hybridized carbons (Fsp3) is 0.431. The molecular formula is C72H81F7N8O8. The van der Waals surface area contributed by atoms with Crippen LogP contribution in [0, 0.1) is 5.82 Å². The average Bonchev–Trinajstić information content (AvgIpc) is 1.61. The van der Waals surface area contributed by atoms with Crippen molar-refractivity contribution in [1.29, 1.82) is 0 Å². The van der Waals surface area contributed by atoms with E-state index < -0.39 is 64.6 Å². The zero-order valence-electron chi connectivity index (χ0n) is 53.4. The van der Waals surface area contributed by atoms with Crippen LogP contribution in [0.4, 0.5) is 46.9 Å². The van der Waals surface area contributed by atoms with Gasteiger partial charge in [-0.2, -0.15) is 26.3 Å². The molecule has 3 fully saturated rings. The Bertz CT molecular complexity index is 3570. The maximum atomic E-state index is 14.2. The molecule has 2 atom stereocenters. The first-order valence-corrected chi connectivity index (χ1v) is 32.4. The van der Waals surface area contributed by atoms with Crippen LogP contribution in [0.1, 0.15) is 106 Å². The molecule has 1 aliphatic carbocycles. The number of fused-ring (bicyclic) bond motifs is 2. The van der Waals surface area contributed by atoms with Gasteiger partial charge in [0.2, 0.25) is 11.8 Å². The van der Waals surface area contributed by atoms with Crippen LogP contribution >= 0.6 is 0 Å². The highest BCUT2D eigenvalue weighted by atomic mass is 19.4. The third-order valence-electron chi connectivity index (χ3n) is 18.9. The summed E-state index contributed by atoms with van der Waals surface area (Å²) in [5.41, 5.74) is 1.02. The van der Waals surface area contributed by atoms with Gasteiger partial charge in [-0.05, 0) is 147 Å². The van der Waals surface area contributed by atoms with Gasteiger partial charge in [0.05, 0.1) is 29.5 Å². The molecule has 0 bridgehead atoms. The van der Waals surface area contributed by atoms with E-state index in [1.807, 2.05) is 85.9 Å². The second-order valence-electron chi connectivity index (χ2n) is 25.2. The second kappa shape index (κ2) is 31.0. The number of unbranched alkanes of at least 4 members (excludes halogenated alkanes) is 2. The number of hydrogen-bond acceptors (Lipinski definition) is 11. The zero-order chi connectivity index (χ0) is 67.3. The molecule has 0 radical (unpaired) electrons. The van der Waals surface area contributed by atoms with Gasteiger partial charge >= 0.3 is 18.4 Å². The van der Waals surface area contributed by atoms with E-state index in [2.05, 4.69) is 37.9 Å². The number of anilines is 2. The van der Waals surface area contributed by atoms with Gasteiger partial charge < -0.3 is 49.3 Å². The summed E-state index contributed by atoms with van der Waals surface area (Å²) in [5.74, 6) is -2.03. The highest BCUT2D eigenvalue weighted by molar-refractivity contribution is 5.95. The number of alkyl halides is 6. The van der Waals surface area contributed by atoms with Crippen molar-refractivity contribution in [1.82, 2.24) is 29.8 Å². The lowest BCUT2D eigenvalue weighted by molar-refractivity contribution is -0.143. The van der Waals surface area contributed by atoms with Crippen molar-refractivity contribution in [3.63, 3.8) is 0 Å². The van der Waals surface area contributed by atoms with E-state index in [1.54, 1.807) is 24.1 Å². The maximum Gasteiger partial charge on any atom is 0.416 e. The molecule has 0 saturated carbocycles. The fourth-order valence-corrected chi connectivity index (χ4v) is 13.3. The van der Waals surface area contributed by atoms with Crippen molar-refractivity contribution in [2.75, 3.05) is 110 Å². The molecule has 1 spiro atoms. The monoisotopic (exact) mass is 1320 g/mol. The number of carbonyl (C=O) groups is 5. The number of likely N-dealkylation sites (tertiary alicyclic amines) is 2. The highest BCUT2D eigenvalue weighted by Crippen LogP contribution is 2.48. The van der Waals surface area contributed by atoms with Crippen LogP contribution in [-0.4, -0.2) is 166 Å². The van der Waals surface area contributed by atoms with Gasteiger partial charge in [0.15, 0.2) is 0 Å². The van der Waals surface area contributed by atoms with Gasteiger partial charge in [0, 0.05) is 101 Å². The zero-order valence-corrected chi connectivity index (χ0v) is 53.4. The summed E-state index contributed by atoms with van der Waals surface area (Å²) in [7, 11) is 3.50. The molecule has 3 saturated heterocycles. The van der Waals surface area contributed by atoms with Crippen molar-refractivity contribution < 1.29 is 68.9 Å². The lowest BCUT2D eigenvalue weighted by Gasteiger charge is -2.44. The Labute approximate surface area is 549 Å². The van der Waals surface area contributed by atoms with Crippen molar-refractivity contribution in [2.24, 2.45) is 0 Å². The molecule has 95 heavy (non-hydrogen) atoms. The first-order chi connectivity index (χ1) is 45.6. The number of hydrogen-bond donors (Lipinski definition) is 3. The number of amides is 5. The van der Waals surface area contributed by atoms with Crippen LogP contribution in [0.25, 0.3) is 11.1 Å². The quantitative estimate of drug-likeness (QED) is 0.0369. The number of likely N-dealkylation sites (N-methyl/N-ethyl adjacent to an activating group) is 2. The summed E-state index contributed by atoms with van der Waals surface area (Å²) >= 11 is 0. The van der Waals surface area contributed by atoms with E-state index >= 15 is 0 Å². The number of nitrogens with one attached hydrogen (secondary N) is 3. The number of carbonyl (C=O) groups excluding carboxylic acids is 5. The van der Waals surface area contributed by atoms with Crippen molar-refractivity contribution in [2.45, 2.75) is 99.8 Å². The second-order valence-corrected chi connectivity index (χ2v) is 25.2. The molecule has 5 amide bonds. The Balaban J connectivity index is 0.604. The molecule has 0 unspecified atom stereocenters. The van der Waals surface area contributed by atoms with Gasteiger partial charge in [-0.15, -0.1) is 0 Å². The predicted octanol–water partition coefficient (Wildman–Crippen LogP) is 12.3. The lowest BCUT2D eigenvalue weighted by atomic mass is 9.72. The molecule has 23 heteroatoms. The SMILES string of the molecule is CN(CCN1CCC(OC(=O)Nc2ccccc2-c2ccccc2)CC1)C(=O)CCCCCNc1ccc(C(=O)NCCN(C)C(=O)CO[C@H]2Cc3ccccc3C23CCN(CC[C@]2(c4ccc(F)cc4)CN(C(=O)c4cc(C(F)(F)F)cc(C(F)(F)F)c4)CO2)CC3)cc1. The molecular weight excluding hydrogens is 1240 g/mol. The van der Waals surface area contributed by atoms with Gasteiger partial charge in [-0.25, -0.2) is 9.18 Å². The highest BCUT2D eigenvalue weighted by Gasteiger charge is 2.50. The topological polar surface area (TPSA) is 165 Å². The Kier molecular flexibility index (Phi) is 22.7.